The molecule has 0 saturated carbocycles. The van der Waals surface area contributed by atoms with Crippen LogP contribution >= 0.6 is 0 Å². The molecule has 0 aromatic heterocycles. The van der Waals surface area contributed by atoms with Crippen LogP contribution in [0.15, 0.2) is 42.5 Å². The first-order chi connectivity index (χ1) is 32.7. The van der Waals surface area contributed by atoms with E-state index < -0.39 is 100 Å². The van der Waals surface area contributed by atoms with E-state index in [0.717, 1.165) is 76.3 Å². The summed E-state index contributed by atoms with van der Waals surface area (Å²) in [5, 5.41) is 0. The van der Waals surface area contributed by atoms with Crippen molar-refractivity contribution in [1.82, 2.24) is 0 Å². The summed E-state index contributed by atoms with van der Waals surface area (Å²) < 4.78 is 182. The highest BCUT2D eigenvalue weighted by atomic mass is 19.2. The van der Waals surface area contributed by atoms with Crippen molar-refractivity contribution in [2.45, 2.75) is 162 Å². The Morgan fingerprint density at radius 3 is 1.01 bits per heavy atom. The van der Waals surface area contributed by atoms with Crippen molar-refractivity contribution >= 4 is 13.0 Å². The van der Waals surface area contributed by atoms with Gasteiger partial charge in [0.15, 0.2) is 46.5 Å². The molecule has 1 unspecified atom stereocenters. The zero-order valence-corrected chi connectivity index (χ0v) is 39.1. The maximum Gasteiger partial charge on any atom is 0.864 e. The van der Waals surface area contributed by atoms with Crippen molar-refractivity contribution in [3.63, 3.8) is 0 Å². The molecule has 0 bridgehead atoms. The Kier molecular flexibility index (Phi) is 27.5. The van der Waals surface area contributed by atoms with Crippen LogP contribution in [0.2, 0.25) is 0 Å². The average molecular weight is 978 g/mol. The fourth-order valence-corrected chi connectivity index (χ4v) is 7.58. The van der Waals surface area contributed by atoms with Crippen LogP contribution in [0.25, 0.3) is 0 Å². The van der Waals surface area contributed by atoms with E-state index in [9.17, 15) is 43.9 Å². The second-order valence-corrected chi connectivity index (χ2v) is 16.9. The third-order valence-corrected chi connectivity index (χ3v) is 11.3. The van der Waals surface area contributed by atoms with Gasteiger partial charge in [-0.2, -0.15) is 10.5 Å². The van der Waals surface area contributed by atoms with Gasteiger partial charge in [-0.05, 0) is 25.7 Å². The van der Waals surface area contributed by atoms with Crippen molar-refractivity contribution in [3.05, 3.63) is 118 Å². The summed E-state index contributed by atoms with van der Waals surface area (Å²) in [7, 11) is -2.32. The van der Waals surface area contributed by atoms with Gasteiger partial charge in [0.2, 0.25) is 17.3 Å². The Morgan fingerprint density at radius 2 is 0.676 bits per heavy atom. The molecule has 4 rings (SSSR count). The predicted octanol–water partition coefficient (Wildman–Crippen LogP) is 15.9. The van der Waals surface area contributed by atoms with E-state index in [2.05, 4.69) is 19.9 Å². The summed E-state index contributed by atoms with van der Waals surface area (Å²) in [5.74, 6) is -21.3. The molecule has 0 heterocycles. The molecule has 4 aromatic rings. The second-order valence-electron chi connectivity index (χ2n) is 16.9. The minimum absolute atomic E-state index is 0.308. The predicted molar refractivity (Wildman–Crippen MR) is 240 cm³/mol. The highest BCUT2D eigenvalue weighted by molar-refractivity contribution is 6.39. The number of nitrogens with one attached hydrogen (secondary N) is 1. The Hall–Kier alpha value is -4.54. The quantitative estimate of drug-likeness (QED) is 0.0174. The Morgan fingerprint density at radius 1 is 0.368 bits per heavy atom. The molecule has 4 nitrogen and oxygen atoms in total. The largest absolute Gasteiger partial charge is 0.864 e. The molecule has 378 valence electrons. The summed E-state index contributed by atoms with van der Waals surface area (Å²) in [5.41, 5.74) is -0.413. The summed E-state index contributed by atoms with van der Waals surface area (Å²) in [6.45, 7) is 4.99. The van der Waals surface area contributed by atoms with Crippen molar-refractivity contribution in [3.8, 4) is 17.2 Å². The van der Waals surface area contributed by atoms with Crippen LogP contribution in [0, 0.1) is 75.9 Å². The van der Waals surface area contributed by atoms with Crippen LogP contribution in [-0.4, -0.2) is 20.4 Å². The van der Waals surface area contributed by atoms with Crippen LogP contribution < -0.4 is 18.9 Å². The van der Waals surface area contributed by atoms with Gasteiger partial charge in [-0.15, -0.1) is 12.1 Å². The molecule has 0 aliphatic carbocycles. The van der Waals surface area contributed by atoms with Gasteiger partial charge in [0, 0.05) is 42.0 Å². The first-order valence-corrected chi connectivity index (χ1v) is 24.0. The number of unbranched alkanes of at least 4 members (excludes halogenated alkanes) is 21. The van der Waals surface area contributed by atoms with E-state index in [0.29, 0.717) is 61.2 Å². The van der Waals surface area contributed by atoms with E-state index in [4.69, 9.17) is 14.0 Å². The first-order valence-electron chi connectivity index (χ1n) is 24.0. The second kappa shape index (κ2) is 32.3. The van der Waals surface area contributed by atoms with E-state index in [1.807, 2.05) is 0 Å². The number of halogens is 12. The number of quaternary nitrogens is 1. The number of benzene rings is 4. The minimum atomic E-state index is -2.32. The minimum Gasteiger partial charge on any atom is -0.489 e. The highest BCUT2D eigenvalue weighted by Crippen LogP contribution is 2.31. The lowest BCUT2D eigenvalue weighted by atomic mass is 10.0. The van der Waals surface area contributed by atoms with Gasteiger partial charge in [-0.3, -0.25) is 13.7 Å². The SMILES string of the molecule is CCCCCCCCCCCCCC[NH+](CCCCCCCCCCCCC)c1c(OB(Oc2cc(F)c(F)c(F)c2)Oc2cc(F)c(F)c(F)c2)cc(F)c(F)c1F.Fc1c[c-]cc(F)c1F. The van der Waals surface area contributed by atoms with Crippen molar-refractivity contribution in [2.75, 3.05) is 13.1 Å². The molecule has 1 N–H and O–H groups in total. The van der Waals surface area contributed by atoms with Crippen LogP contribution in [0.1, 0.15) is 162 Å². The van der Waals surface area contributed by atoms with Crippen molar-refractivity contribution in [2.24, 2.45) is 0 Å². The number of hydrogen-bond donors (Lipinski definition) is 1. The Bertz CT molecular complexity index is 1950. The molecule has 4 aromatic carbocycles. The molecule has 0 aliphatic heterocycles. The van der Waals surface area contributed by atoms with Gasteiger partial charge in [0.25, 0.3) is 0 Å². The van der Waals surface area contributed by atoms with Crippen molar-refractivity contribution < 1.29 is 71.5 Å². The van der Waals surface area contributed by atoms with Crippen LogP contribution in [0.3, 0.4) is 0 Å². The van der Waals surface area contributed by atoms with Gasteiger partial charge in [0.1, 0.15) is 11.5 Å². The summed E-state index contributed by atoms with van der Waals surface area (Å²) >= 11 is 0. The molecule has 0 amide bonds. The lowest BCUT2D eigenvalue weighted by Gasteiger charge is -2.24. The topological polar surface area (TPSA) is 32.1 Å². The molecule has 0 spiro atoms. The van der Waals surface area contributed by atoms with E-state index in [1.54, 1.807) is 0 Å². The Balaban J connectivity index is 0.00000121. The lowest BCUT2D eigenvalue weighted by molar-refractivity contribution is -0.834. The smallest absolute Gasteiger partial charge is 0.489 e. The monoisotopic (exact) mass is 977 g/mol. The van der Waals surface area contributed by atoms with Crippen LogP contribution in [-0.2, 0) is 0 Å². The van der Waals surface area contributed by atoms with Gasteiger partial charge in [-0.1, -0.05) is 136 Å². The maximum absolute atomic E-state index is 16.0. The third-order valence-electron chi connectivity index (χ3n) is 11.3. The highest BCUT2D eigenvalue weighted by Gasteiger charge is 2.37. The fourth-order valence-electron chi connectivity index (χ4n) is 7.58. The molecule has 0 radical (unpaired) electrons. The summed E-state index contributed by atoms with van der Waals surface area (Å²) in [4.78, 5) is 0.427. The zero-order valence-electron chi connectivity index (χ0n) is 39.1. The van der Waals surface area contributed by atoms with Crippen LogP contribution in [0.5, 0.6) is 17.2 Å². The average Bonchev–Trinajstić information content (AvgIpc) is 3.30. The van der Waals surface area contributed by atoms with Gasteiger partial charge >= 0.3 is 7.32 Å². The normalized spacial score (nSPS) is 11.6. The standard InChI is InChI=1S/C45H61BF9NO3.C6H2F3/c1-3-5-7-9-11-13-15-17-19-21-23-25-27-56(26-24-22-20-18-16-14-12-10-8-6-4-2)45-40(32-39(51)43(54)44(45)55)59-46(57-33-28-35(47)41(52)36(48)29-33)58-34-30-37(49)42(53)38(50)31-34;7-4-2-1-3-5(8)6(4)9/h28-32H,3-27H2,1-2H3;2-3H/q;-1/p+1. The van der Waals surface area contributed by atoms with Gasteiger partial charge in [-0.25, -0.2) is 39.5 Å². The molecular formula is C51H64BF12NO3. The number of rotatable bonds is 32. The summed E-state index contributed by atoms with van der Waals surface area (Å²) in [6.07, 6.45) is 24.8. The molecule has 0 saturated heterocycles. The maximum atomic E-state index is 16.0. The molecule has 0 fully saturated rings. The van der Waals surface area contributed by atoms with Crippen LogP contribution in [0.4, 0.5) is 58.4 Å². The van der Waals surface area contributed by atoms with Gasteiger partial charge < -0.3 is 14.0 Å². The van der Waals surface area contributed by atoms with E-state index in [1.165, 1.54) is 70.6 Å². The molecular weight excluding hydrogens is 913 g/mol. The molecule has 1 atom stereocenters. The van der Waals surface area contributed by atoms with E-state index >= 15 is 8.78 Å². The van der Waals surface area contributed by atoms with Gasteiger partial charge in [0.05, 0.1) is 18.9 Å². The first kappa shape index (κ1) is 57.8. The van der Waals surface area contributed by atoms with Crippen molar-refractivity contribution in [1.29, 1.82) is 0 Å². The lowest BCUT2D eigenvalue weighted by Crippen LogP contribution is -3.07. The Labute approximate surface area is 393 Å². The molecule has 0 aliphatic rings. The zero-order chi connectivity index (χ0) is 49.8. The fraction of sp³-hybridized carbons (Fsp3) is 0.529. The number of hydrogen-bond acceptors (Lipinski definition) is 3. The molecule has 17 heteroatoms. The summed E-state index contributed by atoms with van der Waals surface area (Å²) in [6, 6.07) is 5.74. The van der Waals surface area contributed by atoms with E-state index in [-0.39, 0.29) is 0 Å². The third kappa shape index (κ3) is 20.6. The molecule has 68 heavy (non-hydrogen) atoms.